The average Bonchev–Trinajstić information content (AvgIpc) is 3.22. The minimum absolute atomic E-state index is 0.105. The molecular weight excluding hydrogens is 322 g/mol. The molecule has 7 heteroatoms. The lowest BCUT2D eigenvalue weighted by atomic mass is 10.2. The molecule has 0 spiro atoms. The number of anilines is 1. The predicted octanol–water partition coefficient (Wildman–Crippen LogP) is 2.30. The van der Waals surface area contributed by atoms with E-state index in [0.29, 0.717) is 13.1 Å². The second-order valence-electron chi connectivity index (χ2n) is 6.03. The Morgan fingerprint density at radius 2 is 1.92 bits per heavy atom. The molecule has 1 aliphatic rings. The summed E-state index contributed by atoms with van der Waals surface area (Å²) in [5.74, 6) is 1.08. The van der Waals surface area contributed by atoms with Crippen LogP contribution >= 0.6 is 11.3 Å². The Kier molecular flexibility index (Phi) is 3.72. The maximum absolute atomic E-state index is 12.7. The summed E-state index contributed by atoms with van der Waals surface area (Å²) in [4.78, 5) is 26.7. The Labute approximate surface area is 144 Å². The zero-order chi connectivity index (χ0) is 16.7. The molecule has 4 rings (SSSR count). The van der Waals surface area contributed by atoms with Crippen LogP contribution < -0.4 is 4.90 Å². The quantitative estimate of drug-likeness (QED) is 0.718. The number of rotatable bonds is 2. The van der Waals surface area contributed by atoms with Gasteiger partial charge in [0, 0.05) is 38.9 Å². The molecule has 0 atom stereocenters. The SMILES string of the molecule is Cc1ccc(C(=O)N2CCN(c3ncnc4sccc34)CC2)n1C. The molecule has 1 saturated heterocycles. The average molecular weight is 341 g/mol. The van der Waals surface area contributed by atoms with Gasteiger partial charge in [0.25, 0.3) is 5.91 Å². The number of aryl methyl sites for hydroxylation is 1. The van der Waals surface area contributed by atoms with Crippen molar-refractivity contribution in [3.63, 3.8) is 0 Å². The van der Waals surface area contributed by atoms with Crippen molar-refractivity contribution < 1.29 is 4.79 Å². The van der Waals surface area contributed by atoms with Gasteiger partial charge in [-0.25, -0.2) is 9.97 Å². The van der Waals surface area contributed by atoms with Gasteiger partial charge in [-0.1, -0.05) is 0 Å². The first-order chi connectivity index (χ1) is 11.6. The summed E-state index contributed by atoms with van der Waals surface area (Å²) in [6.45, 7) is 5.00. The molecule has 6 nitrogen and oxygen atoms in total. The van der Waals surface area contributed by atoms with E-state index in [2.05, 4.69) is 20.9 Å². The molecule has 4 heterocycles. The number of aromatic nitrogens is 3. The first-order valence-corrected chi connectivity index (χ1v) is 8.88. The molecule has 0 radical (unpaired) electrons. The number of carbonyl (C=O) groups excluding carboxylic acids is 1. The summed E-state index contributed by atoms with van der Waals surface area (Å²) in [6, 6.07) is 5.96. The number of hydrogen-bond donors (Lipinski definition) is 0. The zero-order valence-corrected chi connectivity index (χ0v) is 14.6. The molecule has 24 heavy (non-hydrogen) atoms. The fourth-order valence-corrected chi connectivity index (χ4v) is 3.87. The number of carbonyl (C=O) groups is 1. The summed E-state index contributed by atoms with van der Waals surface area (Å²) < 4.78 is 1.95. The first kappa shape index (κ1) is 15.1. The number of amides is 1. The van der Waals surface area contributed by atoms with Crippen LogP contribution in [0, 0.1) is 6.92 Å². The van der Waals surface area contributed by atoms with E-state index in [-0.39, 0.29) is 5.91 Å². The summed E-state index contributed by atoms with van der Waals surface area (Å²) in [5.41, 5.74) is 1.85. The van der Waals surface area contributed by atoms with Gasteiger partial charge in [0.2, 0.25) is 0 Å². The van der Waals surface area contributed by atoms with Gasteiger partial charge >= 0.3 is 0 Å². The first-order valence-electron chi connectivity index (χ1n) is 8.00. The van der Waals surface area contributed by atoms with Gasteiger partial charge in [-0.05, 0) is 30.5 Å². The lowest BCUT2D eigenvalue weighted by molar-refractivity contribution is 0.0737. The van der Waals surface area contributed by atoms with Crippen LogP contribution in [-0.2, 0) is 7.05 Å². The summed E-state index contributed by atoms with van der Waals surface area (Å²) in [6.07, 6.45) is 1.62. The minimum atomic E-state index is 0.105. The molecule has 1 amide bonds. The van der Waals surface area contributed by atoms with Crippen LogP contribution in [0.15, 0.2) is 29.9 Å². The largest absolute Gasteiger partial charge is 0.352 e. The number of thiophene rings is 1. The Bertz CT molecular complexity index is 891. The standard InChI is InChI=1S/C17H19N5OS/c1-12-3-4-14(20(12)2)17(23)22-8-6-21(7-9-22)15-13-5-10-24-16(13)19-11-18-15/h3-5,10-11H,6-9H2,1-2H3. The molecule has 0 aromatic carbocycles. The lowest BCUT2D eigenvalue weighted by Crippen LogP contribution is -2.49. The van der Waals surface area contributed by atoms with Crippen molar-refractivity contribution in [2.75, 3.05) is 31.1 Å². The molecule has 0 unspecified atom stereocenters. The van der Waals surface area contributed by atoms with E-state index in [0.717, 1.165) is 40.5 Å². The summed E-state index contributed by atoms with van der Waals surface area (Å²) in [5, 5.41) is 3.14. The maximum Gasteiger partial charge on any atom is 0.270 e. The normalized spacial score (nSPS) is 15.2. The van der Waals surface area contributed by atoms with E-state index in [9.17, 15) is 4.79 Å². The third kappa shape index (κ3) is 2.45. The Morgan fingerprint density at radius 1 is 1.12 bits per heavy atom. The summed E-state index contributed by atoms with van der Waals surface area (Å²) in [7, 11) is 1.94. The molecule has 0 bridgehead atoms. The van der Waals surface area contributed by atoms with Gasteiger partial charge in [0.05, 0.1) is 5.39 Å². The maximum atomic E-state index is 12.7. The summed E-state index contributed by atoms with van der Waals surface area (Å²) >= 11 is 1.63. The van der Waals surface area contributed by atoms with Crippen LogP contribution in [0.2, 0.25) is 0 Å². The number of hydrogen-bond acceptors (Lipinski definition) is 5. The fourth-order valence-electron chi connectivity index (χ4n) is 3.14. The lowest BCUT2D eigenvalue weighted by Gasteiger charge is -2.35. The Balaban J connectivity index is 1.50. The number of fused-ring (bicyclic) bond motifs is 1. The molecular formula is C17H19N5OS. The molecule has 3 aromatic heterocycles. The monoisotopic (exact) mass is 341 g/mol. The second kappa shape index (κ2) is 5.90. The highest BCUT2D eigenvalue weighted by Gasteiger charge is 2.25. The highest BCUT2D eigenvalue weighted by Crippen LogP contribution is 2.27. The van der Waals surface area contributed by atoms with Gasteiger partial charge in [-0.2, -0.15) is 0 Å². The van der Waals surface area contributed by atoms with Crippen molar-refractivity contribution in [3.8, 4) is 0 Å². The molecule has 3 aromatic rings. The molecule has 0 aliphatic carbocycles. The molecule has 0 N–H and O–H groups in total. The van der Waals surface area contributed by atoms with E-state index < -0.39 is 0 Å². The zero-order valence-electron chi connectivity index (χ0n) is 13.8. The van der Waals surface area contributed by atoms with Crippen molar-refractivity contribution in [1.82, 2.24) is 19.4 Å². The van der Waals surface area contributed by atoms with Crippen molar-refractivity contribution in [2.24, 2.45) is 7.05 Å². The Morgan fingerprint density at radius 3 is 2.62 bits per heavy atom. The predicted molar refractivity (Wildman–Crippen MR) is 95.7 cm³/mol. The molecule has 0 saturated carbocycles. The van der Waals surface area contributed by atoms with Crippen LogP contribution in [0.4, 0.5) is 5.82 Å². The molecule has 1 fully saturated rings. The molecule has 1 aliphatic heterocycles. The fraction of sp³-hybridized carbons (Fsp3) is 0.353. The van der Waals surface area contributed by atoms with Gasteiger partial charge in [0.15, 0.2) is 0 Å². The highest BCUT2D eigenvalue weighted by molar-refractivity contribution is 7.16. The van der Waals surface area contributed by atoms with E-state index in [1.54, 1.807) is 17.7 Å². The van der Waals surface area contributed by atoms with E-state index >= 15 is 0 Å². The topological polar surface area (TPSA) is 54.3 Å². The van der Waals surface area contributed by atoms with Crippen LogP contribution in [-0.4, -0.2) is 51.5 Å². The smallest absolute Gasteiger partial charge is 0.270 e. The van der Waals surface area contributed by atoms with Crippen molar-refractivity contribution in [3.05, 3.63) is 41.3 Å². The van der Waals surface area contributed by atoms with Crippen LogP contribution in [0.25, 0.3) is 10.2 Å². The van der Waals surface area contributed by atoms with Crippen molar-refractivity contribution in [2.45, 2.75) is 6.92 Å². The van der Waals surface area contributed by atoms with Gasteiger partial charge in [-0.3, -0.25) is 4.79 Å². The van der Waals surface area contributed by atoms with Crippen LogP contribution in [0.1, 0.15) is 16.2 Å². The number of nitrogens with zero attached hydrogens (tertiary/aromatic N) is 5. The van der Waals surface area contributed by atoms with Crippen LogP contribution in [0.3, 0.4) is 0 Å². The van der Waals surface area contributed by atoms with E-state index in [4.69, 9.17) is 0 Å². The molecule has 124 valence electrons. The van der Waals surface area contributed by atoms with Gasteiger partial charge < -0.3 is 14.4 Å². The van der Waals surface area contributed by atoms with E-state index in [1.165, 1.54) is 0 Å². The highest BCUT2D eigenvalue weighted by atomic mass is 32.1. The van der Waals surface area contributed by atoms with Crippen molar-refractivity contribution >= 4 is 33.3 Å². The van der Waals surface area contributed by atoms with Gasteiger partial charge in [0.1, 0.15) is 22.7 Å². The number of piperazine rings is 1. The Hall–Kier alpha value is -2.41. The van der Waals surface area contributed by atoms with E-state index in [1.807, 2.05) is 41.0 Å². The third-order valence-electron chi connectivity index (χ3n) is 4.70. The van der Waals surface area contributed by atoms with Crippen molar-refractivity contribution in [1.29, 1.82) is 0 Å². The second-order valence-corrected chi connectivity index (χ2v) is 6.93. The van der Waals surface area contributed by atoms with Crippen LogP contribution in [0.5, 0.6) is 0 Å². The van der Waals surface area contributed by atoms with Gasteiger partial charge in [-0.15, -0.1) is 11.3 Å². The third-order valence-corrected chi connectivity index (χ3v) is 5.52. The minimum Gasteiger partial charge on any atom is -0.352 e.